The summed E-state index contributed by atoms with van der Waals surface area (Å²) >= 11 is 0. The van der Waals surface area contributed by atoms with Gasteiger partial charge in [-0.05, 0) is 50.0 Å². The number of hydrogen-bond acceptors (Lipinski definition) is 1. The Morgan fingerprint density at radius 3 is 2.39 bits per heavy atom. The Labute approximate surface area is 112 Å². The van der Waals surface area contributed by atoms with Crippen molar-refractivity contribution in [3.63, 3.8) is 0 Å². The highest BCUT2D eigenvalue weighted by atomic mass is 16.5. The molecule has 18 heavy (non-hydrogen) atoms. The average molecular weight is 246 g/mol. The molecule has 1 aromatic rings. The minimum absolute atomic E-state index is 0.0465. The van der Waals surface area contributed by atoms with E-state index < -0.39 is 0 Å². The zero-order valence-electron chi connectivity index (χ0n) is 12.1. The fraction of sp³-hybridized carbons (Fsp3) is 0.647. The highest BCUT2D eigenvalue weighted by molar-refractivity contribution is 5.21. The van der Waals surface area contributed by atoms with Crippen LogP contribution < -0.4 is 0 Å². The number of hydrogen-bond donors (Lipinski definition) is 0. The second kappa shape index (κ2) is 5.44. The van der Waals surface area contributed by atoms with E-state index in [-0.39, 0.29) is 5.60 Å². The topological polar surface area (TPSA) is 9.23 Å². The van der Waals surface area contributed by atoms with E-state index in [1.54, 1.807) is 0 Å². The Morgan fingerprint density at radius 1 is 1.17 bits per heavy atom. The van der Waals surface area contributed by atoms with Crippen LogP contribution in [-0.4, -0.2) is 12.2 Å². The summed E-state index contributed by atoms with van der Waals surface area (Å²) in [6.45, 7) is 10.1. The highest BCUT2D eigenvalue weighted by Gasteiger charge is 2.35. The number of rotatable bonds is 3. The maximum absolute atomic E-state index is 5.86. The quantitative estimate of drug-likeness (QED) is 0.755. The van der Waals surface area contributed by atoms with Crippen molar-refractivity contribution in [1.29, 1.82) is 0 Å². The fourth-order valence-electron chi connectivity index (χ4n) is 3.46. The molecule has 1 saturated heterocycles. The zero-order valence-corrected chi connectivity index (χ0v) is 12.1. The van der Waals surface area contributed by atoms with Crippen LogP contribution in [0, 0.1) is 11.8 Å². The molecule has 1 fully saturated rings. The first-order valence-corrected chi connectivity index (χ1v) is 7.18. The highest BCUT2D eigenvalue weighted by Crippen LogP contribution is 2.41. The van der Waals surface area contributed by atoms with E-state index >= 15 is 0 Å². The lowest BCUT2D eigenvalue weighted by atomic mass is 9.72. The summed E-state index contributed by atoms with van der Waals surface area (Å²) in [5, 5.41) is 0. The molecule has 0 aromatic heterocycles. The van der Waals surface area contributed by atoms with E-state index in [1.807, 2.05) is 0 Å². The van der Waals surface area contributed by atoms with Gasteiger partial charge in [0.25, 0.3) is 0 Å². The van der Waals surface area contributed by atoms with Gasteiger partial charge in [-0.15, -0.1) is 0 Å². The van der Waals surface area contributed by atoms with Gasteiger partial charge >= 0.3 is 0 Å². The first kappa shape index (κ1) is 13.6. The second-order valence-corrected chi connectivity index (χ2v) is 6.54. The molecular formula is C17H26O. The minimum Gasteiger partial charge on any atom is -0.376 e. The van der Waals surface area contributed by atoms with Crippen molar-refractivity contribution in [3.8, 4) is 0 Å². The molecule has 1 aliphatic rings. The molecule has 1 heteroatoms. The van der Waals surface area contributed by atoms with Crippen molar-refractivity contribution < 1.29 is 4.74 Å². The van der Waals surface area contributed by atoms with Gasteiger partial charge in [-0.2, -0.15) is 0 Å². The molecule has 0 aliphatic carbocycles. The molecule has 1 aromatic carbocycles. The van der Waals surface area contributed by atoms with E-state index in [2.05, 4.69) is 58.0 Å². The van der Waals surface area contributed by atoms with E-state index in [4.69, 9.17) is 4.74 Å². The van der Waals surface area contributed by atoms with Crippen molar-refractivity contribution in [2.45, 2.75) is 52.1 Å². The lowest BCUT2D eigenvalue weighted by Gasteiger charge is -2.41. The predicted molar refractivity (Wildman–Crippen MR) is 76.8 cm³/mol. The average Bonchev–Trinajstić information content (AvgIpc) is 2.28. The fourth-order valence-corrected chi connectivity index (χ4v) is 3.46. The molecule has 0 spiro atoms. The summed E-state index contributed by atoms with van der Waals surface area (Å²) in [5.41, 5.74) is 1.54. The van der Waals surface area contributed by atoms with Gasteiger partial charge in [0.15, 0.2) is 0 Å². The molecule has 2 rings (SSSR count). The zero-order chi connectivity index (χ0) is 13.2. The van der Waals surface area contributed by atoms with Crippen molar-refractivity contribution in [2.75, 3.05) is 6.61 Å². The van der Waals surface area contributed by atoms with E-state index in [0.29, 0.717) is 11.8 Å². The van der Waals surface area contributed by atoms with Crippen LogP contribution in [0.3, 0.4) is 0 Å². The molecule has 0 amide bonds. The van der Waals surface area contributed by atoms with E-state index in [9.17, 15) is 0 Å². The summed E-state index contributed by atoms with van der Waals surface area (Å²) in [4.78, 5) is 0. The van der Waals surface area contributed by atoms with Crippen molar-refractivity contribution in [3.05, 3.63) is 35.9 Å². The smallest absolute Gasteiger partial charge is 0.0629 e. The first-order chi connectivity index (χ1) is 8.49. The Kier molecular flexibility index (Phi) is 4.11. The monoisotopic (exact) mass is 246 g/mol. The van der Waals surface area contributed by atoms with Crippen LogP contribution in [0.4, 0.5) is 0 Å². The molecule has 0 radical (unpaired) electrons. The third kappa shape index (κ3) is 3.14. The molecular weight excluding hydrogens is 220 g/mol. The molecule has 100 valence electrons. The van der Waals surface area contributed by atoms with Crippen LogP contribution in [0.1, 0.15) is 52.0 Å². The van der Waals surface area contributed by atoms with Gasteiger partial charge in [-0.3, -0.25) is 0 Å². The van der Waals surface area contributed by atoms with Crippen LogP contribution in [0.15, 0.2) is 30.3 Å². The molecule has 0 bridgehead atoms. The van der Waals surface area contributed by atoms with Crippen LogP contribution in [0.2, 0.25) is 0 Å². The van der Waals surface area contributed by atoms with Crippen molar-refractivity contribution >= 4 is 0 Å². The van der Waals surface area contributed by atoms with Gasteiger partial charge in [0.1, 0.15) is 0 Å². The second-order valence-electron chi connectivity index (χ2n) is 6.54. The maximum Gasteiger partial charge on any atom is 0.0629 e. The lowest BCUT2D eigenvalue weighted by molar-refractivity contribution is -0.0791. The van der Waals surface area contributed by atoms with Crippen LogP contribution >= 0.6 is 0 Å². The summed E-state index contributed by atoms with van der Waals surface area (Å²) < 4.78 is 5.86. The predicted octanol–water partition coefficient (Wildman–Crippen LogP) is 4.63. The largest absolute Gasteiger partial charge is 0.376 e. The number of ether oxygens (including phenoxy) is 1. The van der Waals surface area contributed by atoms with Crippen LogP contribution in [0.25, 0.3) is 0 Å². The van der Waals surface area contributed by atoms with Crippen molar-refractivity contribution in [2.24, 2.45) is 11.8 Å². The summed E-state index contributed by atoms with van der Waals surface area (Å²) in [6, 6.07) is 11.0. The summed E-state index contributed by atoms with van der Waals surface area (Å²) in [6.07, 6.45) is 2.37. The standard InChI is InChI=1S/C17H26O/c1-13(2)16(14-8-6-5-7-9-14)15-10-11-18-17(3,4)12-15/h5-9,13,15-16H,10-12H2,1-4H3. The third-order valence-corrected chi connectivity index (χ3v) is 4.15. The molecule has 1 nitrogen and oxygen atoms in total. The van der Waals surface area contributed by atoms with Gasteiger partial charge in [0.05, 0.1) is 5.60 Å². The Morgan fingerprint density at radius 2 is 1.83 bits per heavy atom. The first-order valence-electron chi connectivity index (χ1n) is 7.18. The Hall–Kier alpha value is -0.820. The van der Waals surface area contributed by atoms with Crippen LogP contribution in [0.5, 0.6) is 0 Å². The lowest BCUT2D eigenvalue weighted by Crippen LogP contribution is -2.37. The van der Waals surface area contributed by atoms with Gasteiger partial charge in [0.2, 0.25) is 0 Å². The van der Waals surface area contributed by atoms with Gasteiger partial charge < -0.3 is 4.74 Å². The Bertz CT molecular complexity index is 366. The Balaban J connectivity index is 2.21. The van der Waals surface area contributed by atoms with Crippen molar-refractivity contribution in [1.82, 2.24) is 0 Å². The third-order valence-electron chi connectivity index (χ3n) is 4.15. The maximum atomic E-state index is 5.86. The SMILES string of the molecule is CC(C)C(c1ccccc1)C1CCOC(C)(C)C1. The minimum atomic E-state index is 0.0465. The van der Waals surface area contributed by atoms with E-state index in [1.165, 1.54) is 18.4 Å². The van der Waals surface area contributed by atoms with E-state index in [0.717, 1.165) is 12.5 Å². The molecule has 1 heterocycles. The van der Waals surface area contributed by atoms with Crippen LogP contribution in [-0.2, 0) is 4.74 Å². The summed E-state index contributed by atoms with van der Waals surface area (Å²) in [5.74, 6) is 2.09. The number of benzene rings is 1. The molecule has 2 atom stereocenters. The normalized spacial score (nSPS) is 25.1. The molecule has 2 unspecified atom stereocenters. The van der Waals surface area contributed by atoms with Gasteiger partial charge in [0, 0.05) is 6.61 Å². The summed E-state index contributed by atoms with van der Waals surface area (Å²) in [7, 11) is 0. The molecule has 1 aliphatic heterocycles. The van der Waals surface area contributed by atoms with Gasteiger partial charge in [-0.25, -0.2) is 0 Å². The molecule has 0 N–H and O–H groups in total. The molecule has 0 saturated carbocycles. The van der Waals surface area contributed by atoms with Gasteiger partial charge in [-0.1, -0.05) is 44.2 Å².